The third kappa shape index (κ3) is 5.69. The van der Waals surface area contributed by atoms with Crippen LogP contribution in [0.4, 0.5) is 5.69 Å². The van der Waals surface area contributed by atoms with E-state index in [0.717, 1.165) is 0 Å². The molecule has 0 aliphatic heterocycles. The standard InChI is InChI=1S/C14H18ClNO2S2/c1-8(2)18-14(19)16-10-5-6-12(15)11(7-10)13(17)20-9(3)4/h5-9H,1-4H3,(H,16,19). The number of thiocarbonyl (C=S) groups is 1. The first kappa shape index (κ1) is 17.3. The highest BCUT2D eigenvalue weighted by atomic mass is 35.5. The molecule has 0 aromatic heterocycles. The Kier molecular flexibility index (Phi) is 6.79. The van der Waals surface area contributed by atoms with E-state index in [1.54, 1.807) is 18.2 Å². The minimum atomic E-state index is -0.0515. The third-order valence-corrected chi connectivity index (χ3v) is 3.55. The molecule has 0 bridgehead atoms. The second-order valence-electron chi connectivity index (χ2n) is 4.73. The van der Waals surface area contributed by atoms with Crippen molar-refractivity contribution in [1.29, 1.82) is 0 Å². The van der Waals surface area contributed by atoms with Crippen molar-refractivity contribution in [2.75, 3.05) is 5.32 Å². The Hall–Kier alpha value is -0.780. The van der Waals surface area contributed by atoms with Crippen LogP contribution in [-0.4, -0.2) is 21.6 Å². The Morgan fingerprint density at radius 1 is 1.35 bits per heavy atom. The highest BCUT2D eigenvalue weighted by Gasteiger charge is 2.14. The molecule has 1 rings (SSSR count). The molecule has 0 heterocycles. The molecule has 1 aromatic rings. The number of ether oxygens (including phenoxy) is 1. The molecule has 0 aliphatic carbocycles. The molecular formula is C14H18ClNO2S2. The van der Waals surface area contributed by atoms with Crippen molar-refractivity contribution < 1.29 is 9.53 Å². The third-order valence-electron chi connectivity index (χ3n) is 2.12. The predicted molar refractivity (Wildman–Crippen MR) is 91.0 cm³/mol. The molecule has 0 saturated carbocycles. The smallest absolute Gasteiger partial charge is 0.261 e. The van der Waals surface area contributed by atoms with Gasteiger partial charge in [-0.2, -0.15) is 0 Å². The first-order valence-electron chi connectivity index (χ1n) is 6.27. The molecule has 0 fully saturated rings. The fourth-order valence-electron chi connectivity index (χ4n) is 1.40. The van der Waals surface area contributed by atoms with E-state index in [-0.39, 0.29) is 21.6 Å². The molecule has 0 amide bonds. The number of hydrogen-bond donors (Lipinski definition) is 1. The zero-order chi connectivity index (χ0) is 15.3. The van der Waals surface area contributed by atoms with Crippen molar-refractivity contribution in [3.05, 3.63) is 28.8 Å². The second kappa shape index (κ2) is 7.86. The molecule has 0 unspecified atom stereocenters. The van der Waals surface area contributed by atoms with Crippen molar-refractivity contribution in [1.82, 2.24) is 0 Å². The summed E-state index contributed by atoms with van der Waals surface area (Å²) in [4.78, 5) is 12.1. The van der Waals surface area contributed by atoms with Gasteiger partial charge in [0.05, 0.1) is 11.1 Å². The molecule has 1 aromatic carbocycles. The Morgan fingerprint density at radius 2 is 2.00 bits per heavy atom. The highest BCUT2D eigenvalue weighted by molar-refractivity contribution is 8.14. The van der Waals surface area contributed by atoms with Crippen LogP contribution in [0.5, 0.6) is 0 Å². The first-order valence-corrected chi connectivity index (χ1v) is 7.94. The van der Waals surface area contributed by atoms with Gasteiger partial charge in [-0.25, -0.2) is 0 Å². The van der Waals surface area contributed by atoms with Crippen LogP contribution in [0.2, 0.25) is 5.02 Å². The summed E-state index contributed by atoms with van der Waals surface area (Å²) < 4.78 is 5.35. The lowest BCUT2D eigenvalue weighted by molar-refractivity contribution is 0.108. The molecule has 0 atom stereocenters. The summed E-state index contributed by atoms with van der Waals surface area (Å²) in [6.07, 6.45) is -0.0000934. The van der Waals surface area contributed by atoms with Crippen molar-refractivity contribution in [2.45, 2.75) is 39.0 Å². The van der Waals surface area contributed by atoms with Crippen LogP contribution in [0.1, 0.15) is 38.1 Å². The SMILES string of the molecule is CC(C)OC(=S)Nc1ccc(Cl)c(C(=O)SC(C)C)c1. The van der Waals surface area contributed by atoms with Gasteiger partial charge < -0.3 is 10.1 Å². The summed E-state index contributed by atoms with van der Waals surface area (Å²) in [5.74, 6) is 0. The van der Waals surface area contributed by atoms with Crippen LogP contribution in [0.25, 0.3) is 0 Å². The average Bonchev–Trinajstić information content (AvgIpc) is 2.29. The Labute approximate surface area is 134 Å². The van der Waals surface area contributed by atoms with E-state index in [9.17, 15) is 4.79 Å². The Bertz CT molecular complexity index is 504. The number of hydrogen-bond acceptors (Lipinski definition) is 4. The summed E-state index contributed by atoms with van der Waals surface area (Å²) in [5.41, 5.74) is 1.16. The first-order chi connectivity index (χ1) is 9.29. The second-order valence-corrected chi connectivity index (χ2v) is 7.06. The maximum absolute atomic E-state index is 12.1. The normalized spacial score (nSPS) is 10.8. The fourth-order valence-corrected chi connectivity index (χ4v) is 2.69. The van der Waals surface area contributed by atoms with Gasteiger partial charge in [0.1, 0.15) is 0 Å². The van der Waals surface area contributed by atoms with Crippen molar-refractivity contribution >= 4 is 51.6 Å². The number of halogens is 1. The maximum atomic E-state index is 12.1. The van der Waals surface area contributed by atoms with E-state index in [1.807, 2.05) is 27.7 Å². The van der Waals surface area contributed by atoms with Crippen LogP contribution in [0.3, 0.4) is 0 Å². The molecule has 110 valence electrons. The highest BCUT2D eigenvalue weighted by Crippen LogP contribution is 2.26. The van der Waals surface area contributed by atoms with Gasteiger partial charge in [-0.05, 0) is 44.3 Å². The van der Waals surface area contributed by atoms with Gasteiger partial charge in [0.25, 0.3) is 5.17 Å². The summed E-state index contributed by atoms with van der Waals surface area (Å²) >= 11 is 12.4. The molecule has 1 N–H and O–H groups in total. The van der Waals surface area contributed by atoms with Gasteiger partial charge in [-0.1, -0.05) is 37.2 Å². The van der Waals surface area contributed by atoms with Gasteiger partial charge in [-0.15, -0.1) is 0 Å². The summed E-state index contributed by atoms with van der Waals surface area (Å²) in [6.45, 7) is 7.71. The van der Waals surface area contributed by atoms with Crippen LogP contribution in [0.15, 0.2) is 18.2 Å². The summed E-state index contributed by atoms with van der Waals surface area (Å²) in [6, 6.07) is 5.13. The van der Waals surface area contributed by atoms with E-state index in [4.69, 9.17) is 28.6 Å². The monoisotopic (exact) mass is 331 g/mol. The number of anilines is 1. The quantitative estimate of drug-likeness (QED) is 0.806. The van der Waals surface area contributed by atoms with Gasteiger partial charge in [0.2, 0.25) is 5.12 Å². The Balaban J connectivity index is 2.86. The van der Waals surface area contributed by atoms with Gasteiger partial charge >= 0.3 is 0 Å². The van der Waals surface area contributed by atoms with Gasteiger partial charge in [0, 0.05) is 16.5 Å². The maximum Gasteiger partial charge on any atom is 0.261 e. The summed E-state index contributed by atoms with van der Waals surface area (Å²) in [7, 11) is 0. The molecule has 0 aliphatic rings. The van der Waals surface area contributed by atoms with Crippen LogP contribution in [-0.2, 0) is 4.74 Å². The molecule has 20 heavy (non-hydrogen) atoms. The van der Waals surface area contributed by atoms with E-state index < -0.39 is 0 Å². The van der Waals surface area contributed by atoms with Crippen molar-refractivity contribution in [2.24, 2.45) is 0 Å². The van der Waals surface area contributed by atoms with Crippen molar-refractivity contribution in [3.8, 4) is 0 Å². The lowest BCUT2D eigenvalue weighted by Crippen LogP contribution is -2.17. The lowest BCUT2D eigenvalue weighted by Gasteiger charge is -2.13. The minimum absolute atomic E-state index is 0.0000934. The minimum Gasteiger partial charge on any atom is -0.468 e. The largest absolute Gasteiger partial charge is 0.468 e. The van der Waals surface area contributed by atoms with E-state index in [1.165, 1.54) is 11.8 Å². The fraction of sp³-hybridized carbons (Fsp3) is 0.429. The Morgan fingerprint density at radius 3 is 2.55 bits per heavy atom. The zero-order valence-electron chi connectivity index (χ0n) is 11.9. The van der Waals surface area contributed by atoms with E-state index >= 15 is 0 Å². The van der Waals surface area contributed by atoms with Crippen LogP contribution < -0.4 is 5.32 Å². The number of nitrogens with one attached hydrogen (secondary N) is 1. The summed E-state index contributed by atoms with van der Waals surface area (Å²) in [5, 5.41) is 3.81. The van der Waals surface area contributed by atoms with Crippen LogP contribution in [0, 0.1) is 0 Å². The van der Waals surface area contributed by atoms with Gasteiger partial charge in [0.15, 0.2) is 0 Å². The van der Waals surface area contributed by atoms with E-state index in [0.29, 0.717) is 16.3 Å². The molecule has 0 radical (unpaired) electrons. The predicted octanol–water partition coefficient (Wildman–Crippen LogP) is 4.74. The van der Waals surface area contributed by atoms with Crippen molar-refractivity contribution in [3.63, 3.8) is 0 Å². The lowest BCUT2D eigenvalue weighted by atomic mass is 10.2. The number of benzene rings is 1. The molecular weight excluding hydrogens is 314 g/mol. The molecule has 0 spiro atoms. The number of rotatable bonds is 4. The number of thioether (sulfide) groups is 1. The molecule has 6 heteroatoms. The zero-order valence-corrected chi connectivity index (χ0v) is 14.3. The number of carbonyl (C=O) groups is 1. The van der Waals surface area contributed by atoms with Gasteiger partial charge in [-0.3, -0.25) is 4.79 Å². The average molecular weight is 332 g/mol. The van der Waals surface area contributed by atoms with E-state index in [2.05, 4.69) is 5.32 Å². The number of carbonyl (C=O) groups excluding carboxylic acids is 1. The molecule has 0 saturated heterocycles. The van der Waals surface area contributed by atoms with Crippen LogP contribution >= 0.6 is 35.6 Å². The topological polar surface area (TPSA) is 38.3 Å². The molecule has 3 nitrogen and oxygen atoms in total.